The van der Waals surface area contributed by atoms with Crippen molar-refractivity contribution in [1.82, 2.24) is 0 Å². The monoisotopic (exact) mass is 221 g/mol. The molecule has 1 fully saturated rings. The molecule has 3 heteroatoms. The van der Waals surface area contributed by atoms with Gasteiger partial charge in [-0.05, 0) is 24.1 Å². The predicted molar refractivity (Wildman–Crippen MR) is 64.9 cm³/mol. The van der Waals surface area contributed by atoms with Crippen molar-refractivity contribution in [3.63, 3.8) is 0 Å². The summed E-state index contributed by atoms with van der Waals surface area (Å²) >= 11 is 0. The van der Waals surface area contributed by atoms with Crippen molar-refractivity contribution in [3.05, 3.63) is 29.8 Å². The molecular weight excluding hydrogens is 202 g/mol. The van der Waals surface area contributed by atoms with Crippen molar-refractivity contribution in [3.8, 4) is 0 Å². The minimum absolute atomic E-state index is 0.0420. The molecule has 0 saturated carbocycles. The van der Waals surface area contributed by atoms with Gasteiger partial charge in [0.15, 0.2) is 0 Å². The summed E-state index contributed by atoms with van der Waals surface area (Å²) in [7, 11) is 0. The normalized spacial score (nSPS) is 21.1. The van der Waals surface area contributed by atoms with Crippen molar-refractivity contribution < 1.29 is 9.84 Å². The summed E-state index contributed by atoms with van der Waals surface area (Å²) in [5, 5.41) is 9.09. The van der Waals surface area contributed by atoms with E-state index < -0.39 is 0 Å². The van der Waals surface area contributed by atoms with E-state index in [2.05, 4.69) is 36.1 Å². The van der Waals surface area contributed by atoms with Crippen molar-refractivity contribution >= 4 is 5.69 Å². The number of anilines is 1. The maximum Gasteiger partial charge on any atom is 0.0980 e. The van der Waals surface area contributed by atoms with Gasteiger partial charge in [-0.2, -0.15) is 0 Å². The van der Waals surface area contributed by atoms with E-state index in [1.807, 2.05) is 0 Å². The van der Waals surface area contributed by atoms with E-state index in [1.165, 1.54) is 11.3 Å². The molecule has 1 aliphatic rings. The number of hydrogen-bond acceptors (Lipinski definition) is 3. The quantitative estimate of drug-likeness (QED) is 0.838. The number of hydrogen-bond donors (Lipinski definition) is 1. The fraction of sp³-hybridized carbons (Fsp3) is 0.538. The summed E-state index contributed by atoms with van der Waals surface area (Å²) in [4.78, 5) is 2.27. The zero-order chi connectivity index (χ0) is 11.4. The number of ether oxygens (including phenoxy) is 1. The summed E-state index contributed by atoms with van der Waals surface area (Å²) in [6, 6.07) is 8.63. The fourth-order valence-electron chi connectivity index (χ4n) is 2.01. The van der Waals surface area contributed by atoms with E-state index in [4.69, 9.17) is 9.84 Å². The molecular formula is C13H19NO2. The standard InChI is InChI=1S/C13H19NO2/c1-2-11-3-5-12(6-4-11)14-7-8-16-13(9-14)10-15/h3-6,13,15H,2,7-10H2,1H3/t13-/m0/s1. The molecule has 0 aromatic heterocycles. The number of morpholine rings is 1. The van der Waals surface area contributed by atoms with Crippen LogP contribution < -0.4 is 4.90 Å². The van der Waals surface area contributed by atoms with E-state index in [0.29, 0.717) is 6.61 Å². The lowest BCUT2D eigenvalue weighted by atomic mass is 10.1. The number of benzene rings is 1. The molecule has 0 spiro atoms. The van der Waals surface area contributed by atoms with E-state index >= 15 is 0 Å². The van der Waals surface area contributed by atoms with Gasteiger partial charge < -0.3 is 14.7 Å². The topological polar surface area (TPSA) is 32.7 Å². The summed E-state index contributed by atoms with van der Waals surface area (Å²) in [5.41, 5.74) is 2.58. The molecule has 2 rings (SSSR count). The molecule has 1 heterocycles. The number of nitrogens with zero attached hydrogens (tertiary/aromatic N) is 1. The Hall–Kier alpha value is -1.06. The van der Waals surface area contributed by atoms with Gasteiger partial charge in [0, 0.05) is 18.8 Å². The van der Waals surface area contributed by atoms with Crippen LogP contribution >= 0.6 is 0 Å². The Morgan fingerprint density at radius 3 is 2.75 bits per heavy atom. The maximum absolute atomic E-state index is 9.09. The van der Waals surface area contributed by atoms with Gasteiger partial charge in [-0.25, -0.2) is 0 Å². The molecule has 1 aromatic rings. The van der Waals surface area contributed by atoms with Crippen molar-refractivity contribution in [1.29, 1.82) is 0 Å². The largest absolute Gasteiger partial charge is 0.394 e. The SMILES string of the molecule is CCc1ccc(N2CCO[C@H](CO)C2)cc1. The average Bonchev–Trinajstić information content (AvgIpc) is 2.39. The molecule has 1 aliphatic heterocycles. The van der Waals surface area contributed by atoms with Crippen LogP contribution in [0.2, 0.25) is 0 Å². The first kappa shape index (κ1) is 11.4. The number of rotatable bonds is 3. The second-order valence-electron chi connectivity index (χ2n) is 4.14. The summed E-state index contributed by atoms with van der Waals surface area (Å²) in [6.07, 6.45) is 1.03. The lowest BCUT2D eigenvalue weighted by Crippen LogP contribution is -2.44. The van der Waals surface area contributed by atoms with Gasteiger partial charge in [-0.3, -0.25) is 0 Å². The van der Waals surface area contributed by atoms with Crippen LogP contribution in [0, 0.1) is 0 Å². The summed E-state index contributed by atoms with van der Waals surface area (Å²) in [5.74, 6) is 0. The predicted octanol–water partition coefficient (Wildman–Crippen LogP) is 1.45. The highest BCUT2D eigenvalue weighted by molar-refractivity contribution is 5.48. The van der Waals surface area contributed by atoms with Gasteiger partial charge in [0.1, 0.15) is 0 Å². The van der Waals surface area contributed by atoms with Gasteiger partial charge in [-0.1, -0.05) is 19.1 Å². The molecule has 88 valence electrons. The smallest absolute Gasteiger partial charge is 0.0980 e. The summed E-state index contributed by atoms with van der Waals surface area (Å²) < 4.78 is 5.43. The van der Waals surface area contributed by atoms with E-state index in [9.17, 15) is 0 Å². The third-order valence-corrected chi connectivity index (χ3v) is 3.05. The lowest BCUT2D eigenvalue weighted by Gasteiger charge is -2.33. The molecule has 1 atom stereocenters. The fourth-order valence-corrected chi connectivity index (χ4v) is 2.01. The Morgan fingerprint density at radius 2 is 2.12 bits per heavy atom. The van der Waals surface area contributed by atoms with Crippen LogP contribution in [-0.2, 0) is 11.2 Å². The molecule has 1 saturated heterocycles. The van der Waals surface area contributed by atoms with E-state index in [0.717, 1.165) is 19.5 Å². The lowest BCUT2D eigenvalue weighted by molar-refractivity contribution is 0.00357. The highest BCUT2D eigenvalue weighted by atomic mass is 16.5. The Balaban J connectivity index is 2.05. The van der Waals surface area contributed by atoms with Crippen LogP contribution in [0.25, 0.3) is 0 Å². The Morgan fingerprint density at radius 1 is 1.38 bits per heavy atom. The van der Waals surface area contributed by atoms with Gasteiger partial charge in [0.2, 0.25) is 0 Å². The Labute approximate surface area is 96.6 Å². The van der Waals surface area contributed by atoms with Crippen molar-refractivity contribution in [2.24, 2.45) is 0 Å². The zero-order valence-corrected chi connectivity index (χ0v) is 9.72. The third-order valence-electron chi connectivity index (χ3n) is 3.05. The molecule has 0 amide bonds. The van der Waals surface area contributed by atoms with Gasteiger partial charge >= 0.3 is 0 Å². The highest BCUT2D eigenvalue weighted by Gasteiger charge is 2.19. The molecule has 1 aromatic carbocycles. The van der Waals surface area contributed by atoms with Crippen LogP contribution in [0.15, 0.2) is 24.3 Å². The van der Waals surface area contributed by atoms with Gasteiger partial charge in [0.05, 0.1) is 19.3 Å². The molecule has 0 aliphatic carbocycles. The average molecular weight is 221 g/mol. The third kappa shape index (κ3) is 2.54. The zero-order valence-electron chi connectivity index (χ0n) is 9.72. The number of aliphatic hydroxyl groups is 1. The van der Waals surface area contributed by atoms with E-state index in [-0.39, 0.29) is 12.7 Å². The first-order chi connectivity index (χ1) is 7.83. The van der Waals surface area contributed by atoms with Crippen LogP contribution in [-0.4, -0.2) is 37.5 Å². The molecule has 0 unspecified atom stereocenters. The second-order valence-corrected chi connectivity index (χ2v) is 4.14. The molecule has 16 heavy (non-hydrogen) atoms. The molecule has 3 nitrogen and oxygen atoms in total. The maximum atomic E-state index is 9.09. The molecule has 1 N–H and O–H groups in total. The minimum atomic E-state index is -0.0420. The van der Waals surface area contributed by atoms with Crippen LogP contribution in [0.4, 0.5) is 5.69 Å². The van der Waals surface area contributed by atoms with Crippen molar-refractivity contribution in [2.45, 2.75) is 19.4 Å². The van der Waals surface area contributed by atoms with Crippen LogP contribution in [0.5, 0.6) is 0 Å². The van der Waals surface area contributed by atoms with Gasteiger partial charge in [-0.15, -0.1) is 0 Å². The van der Waals surface area contributed by atoms with Crippen LogP contribution in [0.1, 0.15) is 12.5 Å². The van der Waals surface area contributed by atoms with Crippen molar-refractivity contribution in [2.75, 3.05) is 31.2 Å². The first-order valence-corrected chi connectivity index (χ1v) is 5.90. The van der Waals surface area contributed by atoms with Crippen LogP contribution in [0.3, 0.4) is 0 Å². The Kier molecular flexibility index (Phi) is 3.80. The Bertz CT molecular complexity index is 323. The molecule has 0 bridgehead atoms. The highest BCUT2D eigenvalue weighted by Crippen LogP contribution is 2.18. The summed E-state index contributed by atoms with van der Waals surface area (Å²) in [6.45, 7) is 4.64. The number of aryl methyl sites for hydroxylation is 1. The van der Waals surface area contributed by atoms with E-state index in [1.54, 1.807) is 0 Å². The first-order valence-electron chi connectivity index (χ1n) is 5.90. The van der Waals surface area contributed by atoms with Gasteiger partial charge in [0.25, 0.3) is 0 Å². The minimum Gasteiger partial charge on any atom is -0.394 e. The number of aliphatic hydroxyl groups excluding tert-OH is 1. The molecule has 0 radical (unpaired) electrons. The second kappa shape index (κ2) is 5.32.